The third-order valence-electron chi connectivity index (χ3n) is 5.74. The first-order chi connectivity index (χ1) is 17.5. The number of hydrogen-bond donors (Lipinski definition) is 1. The van der Waals surface area contributed by atoms with Gasteiger partial charge in [-0.1, -0.05) is 83.3 Å². The van der Waals surface area contributed by atoms with Crippen molar-refractivity contribution in [1.82, 2.24) is 10.2 Å². The van der Waals surface area contributed by atoms with Gasteiger partial charge in [-0.15, -0.1) is 11.8 Å². The summed E-state index contributed by atoms with van der Waals surface area (Å²) in [6, 6.07) is 24.8. The number of amides is 2. The van der Waals surface area contributed by atoms with Crippen molar-refractivity contribution in [2.75, 3.05) is 12.3 Å². The van der Waals surface area contributed by atoms with Crippen molar-refractivity contribution >= 4 is 51.1 Å². The Morgan fingerprint density at radius 1 is 1.00 bits per heavy atom. The molecule has 0 aliphatic carbocycles. The number of nitrogens with zero attached hydrogens (tertiary/aromatic N) is 1. The average Bonchev–Trinajstić information content (AvgIpc) is 2.88. The molecule has 0 unspecified atom stereocenters. The molecule has 1 N–H and O–H groups in total. The molecule has 3 aromatic rings. The third kappa shape index (κ3) is 9.30. The lowest BCUT2D eigenvalue weighted by Crippen LogP contribution is -2.50. The summed E-state index contributed by atoms with van der Waals surface area (Å²) < 4.78 is 0.942. The summed E-state index contributed by atoms with van der Waals surface area (Å²) in [6.07, 6.45) is 2.69. The Labute approximate surface area is 231 Å². The molecule has 7 heteroatoms. The summed E-state index contributed by atoms with van der Waals surface area (Å²) >= 11 is 11.1. The van der Waals surface area contributed by atoms with E-state index in [-0.39, 0.29) is 11.8 Å². The van der Waals surface area contributed by atoms with Crippen molar-refractivity contribution < 1.29 is 9.59 Å². The molecule has 2 amide bonds. The van der Waals surface area contributed by atoms with Gasteiger partial charge in [0.1, 0.15) is 6.04 Å². The minimum atomic E-state index is -0.601. The van der Waals surface area contributed by atoms with Crippen LogP contribution in [-0.4, -0.2) is 35.1 Å². The molecule has 0 spiro atoms. The van der Waals surface area contributed by atoms with Gasteiger partial charge in [0.15, 0.2) is 0 Å². The van der Waals surface area contributed by atoms with Crippen LogP contribution in [0.4, 0.5) is 0 Å². The molecule has 3 aromatic carbocycles. The summed E-state index contributed by atoms with van der Waals surface area (Å²) in [4.78, 5) is 29.9. The van der Waals surface area contributed by atoms with Crippen molar-refractivity contribution in [3.8, 4) is 0 Å². The van der Waals surface area contributed by atoms with Crippen molar-refractivity contribution in [2.24, 2.45) is 0 Å². The Balaban J connectivity index is 1.82. The Hall–Kier alpha value is -2.28. The number of benzene rings is 3. The lowest BCUT2D eigenvalue weighted by atomic mass is 10.0. The zero-order chi connectivity index (χ0) is 25.8. The normalized spacial score (nSPS) is 11.6. The van der Waals surface area contributed by atoms with Gasteiger partial charge in [-0.2, -0.15) is 0 Å². The predicted molar refractivity (Wildman–Crippen MR) is 153 cm³/mol. The molecule has 0 radical (unpaired) electrons. The molecule has 190 valence electrons. The molecule has 0 fully saturated rings. The minimum absolute atomic E-state index is 0.0389. The first-order valence-electron chi connectivity index (χ1n) is 12.2. The molecule has 0 aromatic heterocycles. The summed E-state index contributed by atoms with van der Waals surface area (Å²) in [7, 11) is 0. The molecule has 1 atom stereocenters. The van der Waals surface area contributed by atoms with E-state index in [4.69, 9.17) is 11.6 Å². The molecule has 0 aliphatic heterocycles. The Morgan fingerprint density at radius 2 is 1.72 bits per heavy atom. The van der Waals surface area contributed by atoms with E-state index in [1.807, 2.05) is 78.9 Å². The second kappa shape index (κ2) is 15.1. The number of carbonyl (C=O) groups is 2. The average molecular weight is 588 g/mol. The molecular formula is C29H32BrClN2O2S. The number of carbonyl (C=O) groups excluding carboxylic acids is 2. The highest BCUT2D eigenvalue weighted by molar-refractivity contribution is 9.10. The molecule has 0 heterocycles. The van der Waals surface area contributed by atoms with Gasteiger partial charge in [-0.05, 0) is 53.9 Å². The second-order valence-corrected chi connectivity index (χ2v) is 11.1. The van der Waals surface area contributed by atoms with Crippen LogP contribution < -0.4 is 5.32 Å². The van der Waals surface area contributed by atoms with Gasteiger partial charge in [0.25, 0.3) is 0 Å². The summed E-state index contributed by atoms with van der Waals surface area (Å²) in [5.74, 6) is 0.467. The van der Waals surface area contributed by atoms with E-state index in [0.717, 1.165) is 33.3 Å². The van der Waals surface area contributed by atoms with Crippen LogP contribution in [-0.2, 0) is 22.6 Å². The van der Waals surface area contributed by atoms with Crippen LogP contribution in [0.1, 0.15) is 37.3 Å². The van der Waals surface area contributed by atoms with Crippen LogP contribution in [0.15, 0.2) is 88.2 Å². The number of nitrogens with one attached hydrogen (secondary N) is 1. The lowest BCUT2D eigenvalue weighted by Gasteiger charge is -2.31. The highest BCUT2D eigenvalue weighted by Crippen LogP contribution is 2.23. The topological polar surface area (TPSA) is 49.4 Å². The highest BCUT2D eigenvalue weighted by atomic mass is 79.9. The highest BCUT2D eigenvalue weighted by Gasteiger charge is 2.30. The molecule has 36 heavy (non-hydrogen) atoms. The van der Waals surface area contributed by atoms with Crippen molar-refractivity contribution in [2.45, 2.75) is 50.1 Å². The quantitative estimate of drug-likeness (QED) is 0.171. The minimum Gasteiger partial charge on any atom is -0.354 e. The lowest BCUT2D eigenvalue weighted by molar-refractivity contribution is -0.141. The van der Waals surface area contributed by atoms with E-state index in [1.165, 1.54) is 0 Å². The molecule has 0 saturated carbocycles. The smallest absolute Gasteiger partial charge is 0.243 e. The Morgan fingerprint density at radius 3 is 2.42 bits per heavy atom. The van der Waals surface area contributed by atoms with Crippen molar-refractivity contribution in [3.63, 3.8) is 0 Å². The van der Waals surface area contributed by atoms with Crippen LogP contribution in [0.25, 0.3) is 0 Å². The molecule has 0 aliphatic rings. The summed E-state index contributed by atoms with van der Waals surface area (Å²) in [5.41, 5.74) is 2.00. The van der Waals surface area contributed by atoms with Gasteiger partial charge in [-0.3, -0.25) is 9.59 Å². The van der Waals surface area contributed by atoms with Gasteiger partial charge in [0.05, 0.1) is 0 Å². The third-order valence-corrected chi connectivity index (χ3v) is 7.50. The Kier molecular flexibility index (Phi) is 11.9. The van der Waals surface area contributed by atoms with E-state index in [0.29, 0.717) is 36.7 Å². The van der Waals surface area contributed by atoms with Gasteiger partial charge in [0, 0.05) is 46.1 Å². The van der Waals surface area contributed by atoms with E-state index in [1.54, 1.807) is 16.7 Å². The summed E-state index contributed by atoms with van der Waals surface area (Å²) in [6.45, 7) is 3.06. The monoisotopic (exact) mass is 586 g/mol. The van der Waals surface area contributed by atoms with Crippen LogP contribution in [0.2, 0.25) is 5.02 Å². The van der Waals surface area contributed by atoms with E-state index >= 15 is 0 Å². The van der Waals surface area contributed by atoms with Crippen LogP contribution >= 0.6 is 39.3 Å². The number of thioether (sulfide) groups is 1. The molecule has 0 saturated heterocycles. The largest absolute Gasteiger partial charge is 0.354 e. The SMILES string of the molecule is CCCCNC(=O)[C@H](Cc1ccccc1)N(Cc1cccc(Br)c1)C(=O)CCSc1ccc(Cl)cc1. The van der Waals surface area contributed by atoms with Gasteiger partial charge in [-0.25, -0.2) is 0 Å². The Bertz CT molecular complexity index is 1110. The number of unbranched alkanes of at least 4 members (excludes halogenated alkanes) is 1. The number of halogens is 2. The maximum atomic E-state index is 13.6. The van der Waals surface area contributed by atoms with Gasteiger partial charge in [0.2, 0.25) is 11.8 Å². The molecule has 0 bridgehead atoms. The predicted octanol–water partition coefficient (Wildman–Crippen LogP) is 7.14. The number of rotatable bonds is 13. The fourth-order valence-electron chi connectivity index (χ4n) is 3.82. The van der Waals surface area contributed by atoms with Gasteiger partial charge < -0.3 is 10.2 Å². The second-order valence-electron chi connectivity index (χ2n) is 8.55. The molecular weight excluding hydrogens is 556 g/mol. The fourth-order valence-corrected chi connectivity index (χ4v) is 5.24. The summed E-state index contributed by atoms with van der Waals surface area (Å²) in [5, 5.41) is 3.75. The maximum Gasteiger partial charge on any atom is 0.243 e. The maximum absolute atomic E-state index is 13.6. The van der Waals surface area contributed by atoms with Crippen LogP contribution in [0.3, 0.4) is 0 Å². The molecule has 4 nitrogen and oxygen atoms in total. The zero-order valence-corrected chi connectivity index (χ0v) is 23.6. The van der Waals surface area contributed by atoms with Gasteiger partial charge >= 0.3 is 0 Å². The van der Waals surface area contributed by atoms with Crippen molar-refractivity contribution in [3.05, 3.63) is 99.5 Å². The molecule has 3 rings (SSSR count). The number of hydrogen-bond acceptors (Lipinski definition) is 3. The zero-order valence-electron chi connectivity index (χ0n) is 20.5. The first-order valence-corrected chi connectivity index (χ1v) is 14.4. The van der Waals surface area contributed by atoms with Crippen LogP contribution in [0.5, 0.6) is 0 Å². The first kappa shape index (κ1) is 28.3. The van der Waals surface area contributed by atoms with Crippen LogP contribution in [0, 0.1) is 0 Å². The standard InChI is InChI=1S/C29H32BrClN2O2S/c1-2-3-17-32-29(35)27(20-22-8-5-4-6-9-22)33(21-23-10-7-11-24(30)19-23)28(34)16-18-36-26-14-12-25(31)13-15-26/h4-15,19,27H,2-3,16-18,20-21H2,1H3,(H,32,35)/t27-/m0/s1. The van der Waals surface area contributed by atoms with Crippen molar-refractivity contribution in [1.29, 1.82) is 0 Å². The fraction of sp³-hybridized carbons (Fsp3) is 0.310. The van der Waals surface area contributed by atoms with E-state index in [9.17, 15) is 9.59 Å². The van der Waals surface area contributed by atoms with E-state index < -0.39 is 6.04 Å². The van der Waals surface area contributed by atoms with E-state index in [2.05, 4.69) is 28.2 Å².